The zero-order valence-corrected chi connectivity index (χ0v) is 15.6. The molecule has 3 aromatic rings. The lowest BCUT2D eigenvalue weighted by molar-refractivity contribution is 0.559. The van der Waals surface area contributed by atoms with Crippen LogP contribution < -0.4 is 4.72 Å². The Labute approximate surface area is 157 Å². The molecule has 138 valence electrons. The number of hydrogen-bond acceptors (Lipinski definition) is 4. The van der Waals surface area contributed by atoms with E-state index >= 15 is 0 Å². The second kappa shape index (κ2) is 5.82. The third-order valence-electron chi connectivity index (χ3n) is 5.22. The van der Waals surface area contributed by atoms with E-state index in [2.05, 4.69) is 49.7 Å². The van der Waals surface area contributed by atoms with Gasteiger partial charge in [-0.3, -0.25) is 9.40 Å². The molecule has 5 rings (SSSR count). The molecule has 0 radical (unpaired) electrons. The maximum Gasteiger partial charge on any atom is 0.233 e. The number of nitrogens with zero attached hydrogens (tertiary/aromatic N) is 4. The first-order chi connectivity index (χ1) is 13.1. The van der Waals surface area contributed by atoms with Crippen molar-refractivity contribution < 1.29 is 8.42 Å². The van der Waals surface area contributed by atoms with Crippen LogP contribution in [0.2, 0.25) is 0 Å². The molecule has 1 N–H and O–H groups in total. The van der Waals surface area contributed by atoms with Crippen LogP contribution in [0.5, 0.6) is 0 Å². The molecule has 0 saturated carbocycles. The molecule has 2 aromatic heterocycles. The number of aryl methyl sites for hydroxylation is 1. The number of allylic oxidation sites excluding steroid dienone is 1. The summed E-state index contributed by atoms with van der Waals surface area (Å²) in [5.41, 5.74) is 5.82. The van der Waals surface area contributed by atoms with Crippen LogP contribution in [0.4, 0.5) is 5.82 Å². The number of hydrogen-bond donors (Lipinski definition) is 1. The number of aromatic nitrogens is 4. The van der Waals surface area contributed by atoms with Gasteiger partial charge in [0.2, 0.25) is 10.0 Å². The molecule has 4 heterocycles. The third-order valence-corrected chi connectivity index (χ3v) is 6.50. The maximum absolute atomic E-state index is 11.8. The van der Waals surface area contributed by atoms with Crippen LogP contribution in [0.15, 0.2) is 48.4 Å². The van der Waals surface area contributed by atoms with Gasteiger partial charge in [0.1, 0.15) is 0 Å². The van der Waals surface area contributed by atoms with E-state index in [4.69, 9.17) is 0 Å². The molecule has 1 atom stereocenters. The highest BCUT2D eigenvalue weighted by Gasteiger charge is 2.32. The summed E-state index contributed by atoms with van der Waals surface area (Å²) < 4.78 is 30.2. The van der Waals surface area contributed by atoms with E-state index in [9.17, 15) is 8.42 Å². The molecule has 0 saturated heterocycles. The zero-order chi connectivity index (χ0) is 18.6. The SMILES string of the molecule is CCS(=O)(=O)Nc1cc2n(n1)CCC(C1c3ccccc3-c3cncn31)=C2. The molecule has 2 aliphatic rings. The maximum atomic E-state index is 11.8. The number of fused-ring (bicyclic) bond motifs is 4. The average Bonchev–Trinajstić information content (AvgIpc) is 3.34. The van der Waals surface area contributed by atoms with Gasteiger partial charge in [0.05, 0.1) is 35.7 Å². The fourth-order valence-electron chi connectivity index (χ4n) is 3.94. The lowest BCUT2D eigenvalue weighted by Gasteiger charge is -2.22. The number of sulfonamides is 1. The smallest absolute Gasteiger partial charge is 0.233 e. The normalized spacial score (nSPS) is 17.8. The molecule has 7 nitrogen and oxygen atoms in total. The topological polar surface area (TPSA) is 81.8 Å². The number of imidazole rings is 1. The van der Waals surface area contributed by atoms with Gasteiger partial charge in [-0.25, -0.2) is 13.4 Å². The van der Waals surface area contributed by atoms with E-state index in [1.54, 1.807) is 13.0 Å². The second-order valence-corrected chi connectivity index (χ2v) is 8.84. The van der Waals surface area contributed by atoms with Crippen molar-refractivity contribution in [1.82, 2.24) is 19.3 Å². The third kappa shape index (κ3) is 2.59. The Hall–Kier alpha value is -2.87. The van der Waals surface area contributed by atoms with Crippen molar-refractivity contribution in [2.45, 2.75) is 25.9 Å². The lowest BCUT2D eigenvalue weighted by atomic mass is 9.93. The first-order valence-corrected chi connectivity index (χ1v) is 10.6. The predicted molar refractivity (Wildman–Crippen MR) is 104 cm³/mol. The largest absolute Gasteiger partial charge is 0.319 e. The average molecular weight is 381 g/mol. The van der Waals surface area contributed by atoms with Crippen molar-refractivity contribution in [3.05, 3.63) is 59.7 Å². The first kappa shape index (κ1) is 16.3. The van der Waals surface area contributed by atoms with Crippen molar-refractivity contribution in [2.24, 2.45) is 0 Å². The molecular formula is C19H19N5O2S. The van der Waals surface area contributed by atoms with Gasteiger partial charge in [-0.2, -0.15) is 5.10 Å². The minimum atomic E-state index is -3.33. The van der Waals surface area contributed by atoms with Crippen LogP contribution in [0.1, 0.15) is 30.6 Å². The number of rotatable bonds is 4. The molecule has 0 aliphatic carbocycles. The fourth-order valence-corrected chi connectivity index (χ4v) is 4.50. The number of benzene rings is 1. The number of nitrogens with one attached hydrogen (secondary N) is 1. The molecular weight excluding hydrogens is 362 g/mol. The highest BCUT2D eigenvalue weighted by atomic mass is 32.2. The summed E-state index contributed by atoms with van der Waals surface area (Å²) in [6.07, 6.45) is 6.76. The highest BCUT2D eigenvalue weighted by Crippen LogP contribution is 2.44. The van der Waals surface area contributed by atoms with E-state index in [1.165, 1.54) is 16.7 Å². The molecule has 0 bridgehead atoms. The molecule has 0 spiro atoms. The molecule has 27 heavy (non-hydrogen) atoms. The Bertz CT molecular complexity index is 1170. The van der Waals surface area contributed by atoms with Crippen molar-refractivity contribution in [2.75, 3.05) is 10.5 Å². The van der Waals surface area contributed by atoms with Crippen LogP contribution >= 0.6 is 0 Å². The summed E-state index contributed by atoms with van der Waals surface area (Å²) >= 11 is 0. The Morgan fingerprint density at radius 3 is 3.00 bits per heavy atom. The summed E-state index contributed by atoms with van der Waals surface area (Å²) in [6.45, 7) is 2.33. The van der Waals surface area contributed by atoms with Gasteiger partial charge in [0.15, 0.2) is 5.82 Å². The minimum absolute atomic E-state index is 0.0263. The number of anilines is 1. The van der Waals surface area contributed by atoms with Crippen LogP contribution in [-0.2, 0) is 16.6 Å². The van der Waals surface area contributed by atoms with Gasteiger partial charge >= 0.3 is 0 Å². The van der Waals surface area contributed by atoms with E-state index in [0.29, 0.717) is 5.82 Å². The molecule has 8 heteroatoms. The highest BCUT2D eigenvalue weighted by molar-refractivity contribution is 7.92. The Morgan fingerprint density at radius 2 is 2.15 bits per heavy atom. The first-order valence-electron chi connectivity index (χ1n) is 8.95. The minimum Gasteiger partial charge on any atom is -0.319 e. The Kier molecular flexibility index (Phi) is 3.51. The van der Waals surface area contributed by atoms with Gasteiger partial charge in [-0.1, -0.05) is 24.3 Å². The van der Waals surface area contributed by atoms with Crippen molar-refractivity contribution >= 4 is 21.9 Å². The summed E-state index contributed by atoms with van der Waals surface area (Å²) in [4.78, 5) is 4.33. The van der Waals surface area contributed by atoms with Gasteiger partial charge in [-0.15, -0.1) is 0 Å². The molecule has 1 aromatic carbocycles. The molecule has 2 aliphatic heterocycles. The van der Waals surface area contributed by atoms with E-state index < -0.39 is 10.0 Å². The fraction of sp³-hybridized carbons (Fsp3) is 0.263. The van der Waals surface area contributed by atoms with Crippen molar-refractivity contribution in [1.29, 1.82) is 0 Å². The van der Waals surface area contributed by atoms with Gasteiger partial charge < -0.3 is 4.57 Å². The molecule has 0 fully saturated rings. The second-order valence-electron chi connectivity index (χ2n) is 6.83. The van der Waals surface area contributed by atoms with E-state index in [1.807, 2.05) is 17.2 Å². The van der Waals surface area contributed by atoms with Gasteiger partial charge in [0.25, 0.3) is 0 Å². The van der Waals surface area contributed by atoms with Crippen LogP contribution in [-0.4, -0.2) is 33.5 Å². The molecule has 1 unspecified atom stereocenters. The van der Waals surface area contributed by atoms with Crippen LogP contribution in [0.3, 0.4) is 0 Å². The summed E-state index contributed by atoms with van der Waals surface area (Å²) in [5.74, 6) is 0.401. The van der Waals surface area contributed by atoms with Gasteiger partial charge in [0, 0.05) is 18.2 Å². The monoisotopic (exact) mass is 381 g/mol. The molecule has 0 amide bonds. The predicted octanol–water partition coefficient (Wildman–Crippen LogP) is 2.90. The van der Waals surface area contributed by atoms with Crippen molar-refractivity contribution in [3.8, 4) is 11.3 Å². The summed E-state index contributed by atoms with van der Waals surface area (Å²) in [5, 5.41) is 4.39. The van der Waals surface area contributed by atoms with E-state index in [-0.39, 0.29) is 11.8 Å². The zero-order valence-electron chi connectivity index (χ0n) is 14.8. The Balaban J connectivity index is 1.54. The summed E-state index contributed by atoms with van der Waals surface area (Å²) in [6, 6.07) is 10.3. The summed E-state index contributed by atoms with van der Waals surface area (Å²) in [7, 11) is -3.33. The van der Waals surface area contributed by atoms with E-state index in [0.717, 1.165) is 24.4 Å². The van der Waals surface area contributed by atoms with Crippen molar-refractivity contribution in [3.63, 3.8) is 0 Å². The van der Waals surface area contributed by atoms with Gasteiger partial charge in [-0.05, 0) is 30.6 Å². The Morgan fingerprint density at radius 1 is 1.30 bits per heavy atom. The quantitative estimate of drug-likeness (QED) is 0.753. The van der Waals surface area contributed by atoms with Crippen LogP contribution in [0.25, 0.3) is 17.3 Å². The lowest BCUT2D eigenvalue weighted by Crippen LogP contribution is -2.16. The standard InChI is InChI=1S/C19H19N5O2S/c1-2-27(25,26)22-18-10-14-9-13(7-8-24(14)21-18)19-16-6-4-3-5-15(16)17-11-20-12-23(17)19/h3-6,9-12,19H,2,7-8H2,1H3,(H,21,22). The van der Waals surface area contributed by atoms with Crippen LogP contribution in [0, 0.1) is 0 Å².